The largest absolute Gasteiger partial charge is 0.377 e. The van der Waals surface area contributed by atoms with Crippen LogP contribution in [0.1, 0.15) is 35.7 Å². The molecule has 29 heavy (non-hydrogen) atoms. The lowest BCUT2D eigenvalue weighted by Crippen LogP contribution is -2.48. The number of rotatable bonds is 6. The number of carbonyl (C=O) groups is 1. The fourth-order valence-electron chi connectivity index (χ4n) is 3.68. The molecule has 0 bridgehead atoms. The maximum Gasteiger partial charge on any atom is 0.292 e. The predicted molar refractivity (Wildman–Crippen MR) is 114 cm³/mol. The first-order valence-electron chi connectivity index (χ1n) is 10.2. The Bertz CT molecular complexity index is 901. The third-order valence-corrected chi connectivity index (χ3v) is 5.65. The number of nitrogens with one attached hydrogen (secondary N) is 1. The van der Waals surface area contributed by atoms with Crippen molar-refractivity contribution in [1.82, 2.24) is 4.90 Å². The lowest BCUT2D eigenvalue weighted by Gasteiger charge is -2.36. The van der Waals surface area contributed by atoms with Crippen molar-refractivity contribution >= 4 is 23.0 Å². The fraction of sp³-hybridized carbons (Fsp3) is 0.409. The quantitative estimate of drug-likeness (QED) is 0.597. The molecule has 152 valence electrons. The molecule has 2 aliphatic rings. The fourth-order valence-corrected chi connectivity index (χ4v) is 3.68. The number of hydrogen-bond acceptors (Lipinski definition) is 5. The smallest absolute Gasteiger partial charge is 0.292 e. The maximum absolute atomic E-state index is 12.8. The van der Waals surface area contributed by atoms with Crippen molar-refractivity contribution in [3.63, 3.8) is 0 Å². The number of amides is 1. The van der Waals surface area contributed by atoms with Gasteiger partial charge in [-0.05, 0) is 49.1 Å². The molecule has 1 heterocycles. The standard InChI is InChI=1S/C22H26N4O3/c1-2-16-3-5-17(6-4-16)22(27)25-13-11-24(12-14-25)19-9-10-21(26(28)29)20(15-19)23-18-7-8-18/h3-6,9-10,15,18,23H,2,7-8,11-14H2,1H3. The Morgan fingerprint density at radius 3 is 2.38 bits per heavy atom. The van der Waals surface area contributed by atoms with Crippen LogP contribution in [0.15, 0.2) is 42.5 Å². The summed E-state index contributed by atoms with van der Waals surface area (Å²) >= 11 is 0. The minimum Gasteiger partial charge on any atom is -0.377 e. The predicted octanol–water partition coefficient (Wildman–Crippen LogP) is 3.69. The average Bonchev–Trinajstić information content (AvgIpc) is 3.57. The number of anilines is 2. The molecule has 2 aromatic rings. The lowest BCUT2D eigenvalue weighted by atomic mass is 10.1. The molecule has 0 aromatic heterocycles. The zero-order valence-electron chi connectivity index (χ0n) is 16.6. The van der Waals surface area contributed by atoms with E-state index in [1.54, 1.807) is 12.1 Å². The van der Waals surface area contributed by atoms with Crippen LogP contribution in [0.4, 0.5) is 17.1 Å². The molecule has 7 nitrogen and oxygen atoms in total. The van der Waals surface area contributed by atoms with Gasteiger partial charge in [0.15, 0.2) is 0 Å². The van der Waals surface area contributed by atoms with E-state index < -0.39 is 0 Å². The van der Waals surface area contributed by atoms with Crippen molar-refractivity contribution in [2.24, 2.45) is 0 Å². The van der Waals surface area contributed by atoms with Crippen LogP contribution in [-0.2, 0) is 6.42 Å². The number of nitro benzene ring substituents is 1. The van der Waals surface area contributed by atoms with Gasteiger partial charge in [-0.15, -0.1) is 0 Å². The van der Waals surface area contributed by atoms with Gasteiger partial charge in [-0.25, -0.2) is 0 Å². The van der Waals surface area contributed by atoms with E-state index >= 15 is 0 Å². The van der Waals surface area contributed by atoms with E-state index in [-0.39, 0.29) is 16.5 Å². The van der Waals surface area contributed by atoms with Crippen LogP contribution in [-0.4, -0.2) is 48.0 Å². The Morgan fingerprint density at radius 2 is 1.79 bits per heavy atom. The van der Waals surface area contributed by atoms with E-state index in [0.717, 1.165) is 30.5 Å². The monoisotopic (exact) mass is 394 g/mol. The van der Waals surface area contributed by atoms with Gasteiger partial charge in [0.25, 0.3) is 11.6 Å². The second-order valence-electron chi connectivity index (χ2n) is 7.71. The van der Waals surface area contributed by atoms with Gasteiger partial charge < -0.3 is 15.1 Å². The van der Waals surface area contributed by atoms with Crippen LogP contribution in [0, 0.1) is 10.1 Å². The first-order chi connectivity index (χ1) is 14.0. The van der Waals surface area contributed by atoms with E-state index in [4.69, 9.17) is 0 Å². The summed E-state index contributed by atoms with van der Waals surface area (Å²) in [6.45, 7) is 4.78. The van der Waals surface area contributed by atoms with Crippen molar-refractivity contribution in [2.45, 2.75) is 32.2 Å². The van der Waals surface area contributed by atoms with E-state index in [2.05, 4.69) is 17.1 Å². The summed E-state index contributed by atoms with van der Waals surface area (Å²) in [6, 6.07) is 13.4. The SMILES string of the molecule is CCc1ccc(C(=O)N2CCN(c3ccc([N+](=O)[O-])c(NC4CC4)c3)CC2)cc1. The van der Waals surface area contributed by atoms with Crippen LogP contribution >= 0.6 is 0 Å². The van der Waals surface area contributed by atoms with E-state index in [0.29, 0.717) is 37.9 Å². The molecule has 2 fully saturated rings. The summed E-state index contributed by atoms with van der Waals surface area (Å²) in [5, 5.41) is 14.6. The minimum atomic E-state index is -0.338. The van der Waals surface area contributed by atoms with Crippen LogP contribution in [0.3, 0.4) is 0 Å². The molecule has 1 aliphatic heterocycles. The number of hydrogen-bond donors (Lipinski definition) is 1. The molecule has 1 saturated heterocycles. The van der Waals surface area contributed by atoms with Gasteiger partial charge in [0.1, 0.15) is 5.69 Å². The lowest BCUT2D eigenvalue weighted by molar-refractivity contribution is -0.384. The number of nitrogens with zero attached hydrogens (tertiary/aromatic N) is 3. The highest BCUT2D eigenvalue weighted by atomic mass is 16.6. The van der Waals surface area contributed by atoms with E-state index in [1.807, 2.05) is 35.2 Å². The van der Waals surface area contributed by atoms with Gasteiger partial charge in [-0.3, -0.25) is 14.9 Å². The van der Waals surface area contributed by atoms with Gasteiger partial charge in [-0.2, -0.15) is 0 Å². The Labute approximate surface area is 170 Å². The molecule has 2 aromatic carbocycles. The van der Waals surface area contributed by atoms with Crippen molar-refractivity contribution in [2.75, 3.05) is 36.4 Å². The van der Waals surface area contributed by atoms with Gasteiger partial charge >= 0.3 is 0 Å². The summed E-state index contributed by atoms with van der Waals surface area (Å²) in [4.78, 5) is 27.8. The third kappa shape index (κ3) is 4.34. The second-order valence-corrected chi connectivity index (χ2v) is 7.71. The van der Waals surface area contributed by atoms with Crippen LogP contribution in [0.2, 0.25) is 0 Å². The van der Waals surface area contributed by atoms with Gasteiger partial charge in [0, 0.05) is 49.5 Å². The average molecular weight is 394 g/mol. The number of carbonyl (C=O) groups excluding carboxylic acids is 1. The van der Waals surface area contributed by atoms with Gasteiger partial charge in [0.2, 0.25) is 0 Å². The molecule has 0 atom stereocenters. The summed E-state index contributed by atoms with van der Waals surface area (Å²) in [5.74, 6) is 0.0621. The van der Waals surface area contributed by atoms with Crippen LogP contribution < -0.4 is 10.2 Å². The zero-order chi connectivity index (χ0) is 20.4. The topological polar surface area (TPSA) is 78.7 Å². The van der Waals surface area contributed by atoms with Crippen molar-refractivity contribution in [3.05, 3.63) is 63.7 Å². The molecular weight excluding hydrogens is 368 g/mol. The summed E-state index contributed by atoms with van der Waals surface area (Å²) < 4.78 is 0. The van der Waals surface area contributed by atoms with E-state index in [9.17, 15) is 14.9 Å². The molecule has 4 rings (SSSR count). The Balaban J connectivity index is 1.42. The first-order valence-corrected chi connectivity index (χ1v) is 10.2. The number of nitro groups is 1. The third-order valence-electron chi connectivity index (χ3n) is 5.65. The molecule has 0 spiro atoms. The van der Waals surface area contributed by atoms with Crippen LogP contribution in [0.25, 0.3) is 0 Å². The van der Waals surface area contributed by atoms with Crippen molar-refractivity contribution < 1.29 is 9.72 Å². The Morgan fingerprint density at radius 1 is 1.10 bits per heavy atom. The van der Waals surface area contributed by atoms with Crippen molar-refractivity contribution in [3.8, 4) is 0 Å². The number of benzene rings is 2. The molecule has 0 radical (unpaired) electrons. The Hall–Kier alpha value is -3.09. The maximum atomic E-state index is 12.8. The summed E-state index contributed by atoms with van der Waals surface area (Å²) in [7, 11) is 0. The first kappa shape index (κ1) is 19.2. The van der Waals surface area contributed by atoms with Crippen molar-refractivity contribution in [1.29, 1.82) is 0 Å². The van der Waals surface area contributed by atoms with Crippen LogP contribution in [0.5, 0.6) is 0 Å². The molecule has 7 heteroatoms. The summed E-state index contributed by atoms with van der Waals surface area (Å²) in [5.41, 5.74) is 3.61. The summed E-state index contributed by atoms with van der Waals surface area (Å²) in [6.07, 6.45) is 3.07. The zero-order valence-corrected chi connectivity index (χ0v) is 16.6. The number of aryl methyl sites for hydroxylation is 1. The van der Waals surface area contributed by atoms with Gasteiger partial charge in [-0.1, -0.05) is 19.1 Å². The normalized spacial score (nSPS) is 16.6. The molecule has 0 unspecified atom stereocenters. The minimum absolute atomic E-state index is 0.0621. The molecular formula is C22H26N4O3. The highest BCUT2D eigenvalue weighted by molar-refractivity contribution is 5.94. The molecule has 1 N–H and O–H groups in total. The molecule has 1 saturated carbocycles. The van der Waals surface area contributed by atoms with E-state index in [1.165, 1.54) is 5.56 Å². The molecule has 1 aliphatic carbocycles. The highest BCUT2D eigenvalue weighted by Crippen LogP contribution is 2.34. The molecule has 1 amide bonds. The number of piperazine rings is 1. The second kappa shape index (κ2) is 8.11. The highest BCUT2D eigenvalue weighted by Gasteiger charge is 2.27. The van der Waals surface area contributed by atoms with Gasteiger partial charge in [0.05, 0.1) is 4.92 Å². The Kier molecular flexibility index (Phi) is 5.38.